The fourth-order valence-corrected chi connectivity index (χ4v) is 2.40. The maximum Gasteiger partial charge on any atom is 0.127 e. The van der Waals surface area contributed by atoms with Crippen LogP contribution in [0.4, 0.5) is 0 Å². The molecule has 0 atom stereocenters. The highest BCUT2D eigenvalue weighted by atomic mass is 16.3. The summed E-state index contributed by atoms with van der Waals surface area (Å²) in [6, 6.07) is 2.98. The van der Waals surface area contributed by atoms with Gasteiger partial charge >= 0.3 is 0 Å². The Hall–Kier alpha value is -1.86. The van der Waals surface area contributed by atoms with Crippen LogP contribution >= 0.6 is 0 Å². The first-order valence-corrected chi connectivity index (χ1v) is 6.03. The van der Waals surface area contributed by atoms with Gasteiger partial charge in [-0.3, -0.25) is 0 Å². The minimum absolute atomic E-state index is 0.121. The molecule has 2 rings (SSSR count). The van der Waals surface area contributed by atoms with Gasteiger partial charge in [0.05, 0.1) is 26.4 Å². The van der Waals surface area contributed by atoms with E-state index in [-0.39, 0.29) is 33.8 Å². The number of rotatable bonds is 4. The molecule has 2 aromatic rings. The van der Waals surface area contributed by atoms with Crippen LogP contribution in [-0.4, -0.2) is 30.6 Å². The number of phenols is 2. The zero-order valence-corrected chi connectivity index (χ0v) is 10.7. The van der Waals surface area contributed by atoms with Crippen LogP contribution in [0.2, 0.25) is 0 Å². The van der Waals surface area contributed by atoms with Gasteiger partial charge in [-0.1, -0.05) is 0 Å². The van der Waals surface area contributed by atoms with Gasteiger partial charge in [-0.2, -0.15) is 0 Å². The normalized spacial score (nSPS) is 11.2. The second kappa shape index (κ2) is 5.64. The Morgan fingerprint density at radius 1 is 0.650 bits per heavy atom. The Morgan fingerprint density at radius 2 is 1.05 bits per heavy atom. The molecule has 0 aliphatic heterocycles. The first-order chi connectivity index (χ1) is 9.58. The summed E-state index contributed by atoms with van der Waals surface area (Å²) in [5.41, 5.74) is 0.686. The van der Waals surface area contributed by atoms with E-state index in [4.69, 9.17) is 0 Å². The predicted molar refractivity (Wildman–Crippen MR) is 71.0 cm³/mol. The van der Waals surface area contributed by atoms with E-state index in [1.165, 1.54) is 12.1 Å². The van der Waals surface area contributed by atoms with Crippen molar-refractivity contribution in [2.75, 3.05) is 0 Å². The van der Waals surface area contributed by atoms with E-state index in [2.05, 4.69) is 0 Å². The third kappa shape index (κ3) is 2.08. The molecule has 6 heteroatoms. The molecular weight excluding hydrogens is 264 g/mol. The standard InChI is InChI=1S/C14H16O6/c15-3-8-1-7-2-9(4-16)14(20)11(6-18)12(7)10(5-17)13(8)19/h1-2,15-20H,3-6H2. The molecule has 6 N–H and O–H groups in total. The monoisotopic (exact) mass is 280 g/mol. The molecule has 2 aromatic carbocycles. The van der Waals surface area contributed by atoms with E-state index in [0.717, 1.165) is 0 Å². The largest absolute Gasteiger partial charge is 0.507 e. The molecule has 0 aliphatic carbocycles. The number of benzene rings is 2. The van der Waals surface area contributed by atoms with Crippen molar-refractivity contribution in [3.8, 4) is 11.5 Å². The van der Waals surface area contributed by atoms with E-state index < -0.39 is 26.4 Å². The molecular formula is C14H16O6. The zero-order valence-electron chi connectivity index (χ0n) is 10.7. The van der Waals surface area contributed by atoms with Crippen molar-refractivity contribution >= 4 is 10.8 Å². The number of hydrogen-bond acceptors (Lipinski definition) is 6. The first kappa shape index (κ1) is 14.5. The van der Waals surface area contributed by atoms with E-state index in [1.54, 1.807) is 0 Å². The number of hydrogen-bond donors (Lipinski definition) is 6. The third-order valence-corrected chi connectivity index (χ3v) is 3.39. The topological polar surface area (TPSA) is 121 Å². The Balaban J connectivity index is 2.97. The molecule has 0 fully saturated rings. The molecule has 0 saturated carbocycles. The molecule has 20 heavy (non-hydrogen) atoms. The Labute approximate surface area is 114 Å². The molecule has 0 radical (unpaired) electrons. The zero-order chi connectivity index (χ0) is 14.9. The minimum atomic E-state index is -0.513. The van der Waals surface area contributed by atoms with E-state index in [9.17, 15) is 30.6 Å². The molecule has 0 saturated heterocycles. The quantitative estimate of drug-likeness (QED) is 0.476. The van der Waals surface area contributed by atoms with Crippen LogP contribution in [0, 0.1) is 0 Å². The van der Waals surface area contributed by atoms with Crippen LogP contribution < -0.4 is 0 Å². The lowest BCUT2D eigenvalue weighted by atomic mass is 9.93. The average molecular weight is 280 g/mol. The Morgan fingerprint density at radius 3 is 1.35 bits per heavy atom. The minimum Gasteiger partial charge on any atom is -0.507 e. The maximum absolute atomic E-state index is 9.99. The fourth-order valence-electron chi connectivity index (χ4n) is 2.40. The molecule has 0 heterocycles. The Kier molecular flexibility index (Phi) is 4.10. The van der Waals surface area contributed by atoms with Gasteiger partial charge in [0.1, 0.15) is 11.5 Å². The van der Waals surface area contributed by atoms with E-state index in [0.29, 0.717) is 10.8 Å². The summed E-state index contributed by atoms with van der Waals surface area (Å²) in [6.07, 6.45) is 0. The van der Waals surface area contributed by atoms with Crippen LogP contribution in [0.15, 0.2) is 12.1 Å². The summed E-state index contributed by atoms with van der Waals surface area (Å²) in [5.74, 6) is -0.540. The van der Waals surface area contributed by atoms with Gasteiger partial charge in [-0.05, 0) is 17.5 Å². The predicted octanol–water partition coefficient (Wildman–Crippen LogP) is 0.220. The SMILES string of the molecule is OCc1cc2cc(CO)c(O)c(CO)c2c(CO)c1O. The van der Waals surface area contributed by atoms with Crippen molar-refractivity contribution in [1.82, 2.24) is 0 Å². The highest BCUT2D eigenvalue weighted by Crippen LogP contribution is 2.39. The molecule has 0 unspecified atom stereocenters. The van der Waals surface area contributed by atoms with E-state index >= 15 is 0 Å². The lowest BCUT2D eigenvalue weighted by Gasteiger charge is -2.16. The lowest BCUT2D eigenvalue weighted by molar-refractivity contribution is 0.262. The van der Waals surface area contributed by atoms with Gasteiger partial charge in [-0.25, -0.2) is 0 Å². The molecule has 0 aliphatic rings. The summed E-state index contributed by atoms with van der Waals surface area (Å²) in [6.45, 7) is -1.86. The summed E-state index contributed by atoms with van der Waals surface area (Å²) in [7, 11) is 0. The molecule has 0 amide bonds. The lowest BCUT2D eigenvalue weighted by Crippen LogP contribution is -2.00. The second-order valence-corrected chi connectivity index (χ2v) is 4.46. The second-order valence-electron chi connectivity index (χ2n) is 4.46. The number of aliphatic hydroxyl groups excluding tert-OH is 4. The van der Waals surface area contributed by atoms with Gasteiger partial charge in [0.25, 0.3) is 0 Å². The molecule has 6 nitrogen and oxygen atoms in total. The van der Waals surface area contributed by atoms with Crippen LogP contribution in [0.1, 0.15) is 22.3 Å². The number of aromatic hydroxyl groups is 2. The molecule has 108 valence electrons. The van der Waals surface area contributed by atoms with Crippen LogP contribution in [0.5, 0.6) is 11.5 Å². The first-order valence-electron chi connectivity index (χ1n) is 6.03. The summed E-state index contributed by atoms with van der Waals surface area (Å²) in [4.78, 5) is 0. The summed E-state index contributed by atoms with van der Waals surface area (Å²) < 4.78 is 0. The van der Waals surface area contributed by atoms with Gasteiger partial charge in [0, 0.05) is 27.6 Å². The van der Waals surface area contributed by atoms with Gasteiger partial charge in [-0.15, -0.1) is 0 Å². The number of fused-ring (bicyclic) bond motifs is 1. The summed E-state index contributed by atoms with van der Waals surface area (Å²) in [5, 5.41) is 58.1. The van der Waals surface area contributed by atoms with Crippen molar-refractivity contribution in [3.05, 3.63) is 34.4 Å². The molecule has 0 spiro atoms. The van der Waals surface area contributed by atoms with Crippen molar-refractivity contribution in [2.45, 2.75) is 26.4 Å². The van der Waals surface area contributed by atoms with E-state index in [1.807, 2.05) is 0 Å². The van der Waals surface area contributed by atoms with Crippen LogP contribution in [0.25, 0.3) is 10.8 Å². The van der Waals surface area contributed by atoms with Crippen LogP contribution in [0.3, 0.4) is 0 Å². The number of aliphatic hydroxyl groups is 4. The van der Waals surface area contributed by atoms with Gasteiger partial charge in [0.15, 0.2) is 0 Å². The van der Waals surface area contributed by atoms with Crippen molar-refractivity contribution in [1.29, 1.82) is 0 Å². The smallest absolute Gasteiger partial charge is 0.127 e. The highest BCUT2D eigenvalue weighted by molar-refractivity contribution is 5.94. The molecule has 0 bridgehead atoms. The fraction of sp³-hybridized carbons (Fsp3) is 0.286. The van der Waals surface area contributed by atoms with Crippen molar-refractivity contribution in [3.63, 3.8) is 0 Å². The Bertz CT molecular complexity index is 597. The van der Waals surface area contributed by atoms with Crippen molar-refractivity contribution in [2.24, 2.45) is 0 Å². The maximum atomic E-state index is 9.99. The average Bonchev–Trinajstić information content (AvgIpc) is 2.46. The molecule has 0 aromatic heterocycles. The highest BCUT2D eigenvalue weighted by Gasteiger charge is 2.19. The summed E-state index contributed by atoms with van der Waals surface area (Å²) >= 11 is 0. The van der Waals surface area contributed by atoms with Crippen LogP contribution in [-0.2, 0) is 26.4 Å². The van der Waals surface area contributed by atoms with Crippen molar-refractivity contribution < 1.29 is 30.6 Å². The van der Waals surface area contributed by atoms with Gasteiger partial charge in [0.2, 0.25) is 0 Å². The van der Waals surface area contributed by atoms with Gasteiger partial charge < -0.3 is 30.6 Å². The third-order valence-electron chi connectivity index (χ3n) is 3.39.